The molecule has 0 aliphatic heterocycles. The van der Waals surface area contributed by atoms with E-state index in [-0.39, 0.29) is 6.61 Å². The number of aromatic nitrogens is 4. The summed E-state index contributed by atoms with van der Waals surface area (Å²) in [5, 5.41) is 11.3. The van der Waals surface area contributed by atoms with Crippen molar-refractivity contribution in [2.45, 2.75) is 6.61 Å². The van der Waals surface area contributed by atoms with Gasteiger partial charge in [0.2, 0.25) is 4.77 Å². The maximum absolute atomic E-state index is 5.68. The van der Waals surface area contributed by atoms with E-state index in [9.17, 15) is 0 Å². The highest BCUT2D eigenvalue weighted by molar-refractivity contribution is 7.71. The average Bonchev–Trinajstić information content (AvgIpc) is 3.10. The molecular formula is C15H15N5OS. The third kappa shape index (κ3) is 3.15. The van der Waals surface area contributed by atoms with Gasteiger partial charge in [0.25, 0.3) is 0 Å². The number of nitrogens with one attached hydrogen (secondary N) is 1. The molecule has 0 atom stereocenters. The molecular weight excluding hydrogens is 298 g/mol. The summed E-state index contributed by atoms with van der Waals surface area (Å²) in [6, 6.07) is 13.5. The van der Waals surface area contributed by atoms with Gasteiger partial charge in [-0.3, -0.25) is 0 Å². The molecule has 0 saturated heterocycles. The molecule has 0 radical (unpaired) electrons. The van der Waals surface area contributed by atoms with E-state index in [4.69, 9.17) is 17.0 Å². The second-order valence-corrected chi connectivity index (χ2v) is 5.03. The molecule has 0 unspecified atom stereocenters. The van der Waals surface area contributed by atoms with Crippen LogP contribution in [0.1, 0.15) is 11.5 Å². The zero-order chi connectivity index (χ0) is 15.4. The fourth-order valence-electron chi connectivity index (χ4n) is 1.93. The van der Waals surface area contributed by atoms with Crippen LogP contribution in [0.15, 0.2) is 53.8 Å². The Hall–Kier alpha value is -2.67. The number of aryl methyl sites for hydroxylation is 1. The van der Waals surface area contributed by atoms with Crippen LogP contribution in [0.25, 0.3) is 0 Å². The lowest BCUT2D eigenvalue weighted by molar-refractivity contribution is 0.290. The summed E-state index contributed by atoms with van der Waals surface area (Å²) >= 11 is 5.20. The molecule has 1 N–H and O–H groups in total. The van der Waals surface area contributed by atoms with Gasteiger partial charge in [-0.05, 0) is 36.5 Å². The highest BCUT2D eigenvalue weighted by Gasteiger charge is 2.06. The van der Waals surface area contributed by atoms with Gasteiger partial charge in [0.15, 0.2) is 5.82 Å². The van der Waals surface area contributed by atoms with Gasteiger partial charge in [-0.25, -0.2) is 5.10 Å². The SMILES string of the molecule is Cn1cccc1C=Nn1c(COc2ccccc2)n[nH]c1=S. The summed E-state index contributed by atoms with van der Waals surface area (Å²) < 4.78 is 9.63. The topological polar surface area (TPSA) is 60.1 Å². The van der Waals surface area contributed by atoms with E-state index in [1.54, 1.807) is 10.9 Å². The van der Waals surface area contributed by atoms with Crippen molar-refractivity contribution in [3.63, 3.8) is 0 Å². The maximum Gasteiger partial charge on any atom is 0.216 e. The van der Waals surface area contributed by atoms with Gasteiger partial charge in [-0.15, -0.1) is 0 Å². The first-order chi connectivity index (χ1) is 10.7. The van der Waals surface area contributed by atoms with Crippen molar-refractivity contribution in [1.29, 1.82) is 0 Å². The lowest BCUT2D eigenvalue weighted by Crippen LogP contribution is -2.04. The number of hydrogen-bond donors (Lipinski definition) is 1. The molecule has 0 spiro atoms. The van der Waals surface area contributed by atoms with E-state index in [0.29, 0.717) is 10.6 Å². The lowest BCUT2D eigenvalue weighted by Gasteiger charge is -2.05. The third-order valence-electron chi connectivity index (χ3n) is 3.12. The van der Waals surface area contributed by atoms with E-state index < -0.39 is 0 Å². The summed E-state index contributed by atoms with van der Waals surface area (Å²) in [6.07, 6.45) is 3.69. The van der Waals surface area contributed by atoms with E-state index in [1.165, 1.54) is 0 Å². The number of H-pyrrole nitrogens is 1. The monoisotopic (exact) mass is 313 g/mol. The quantitative estimate of drug-likeness (QED) is 0.582. The molecule has 22 heavy (non-hydrogen) atoms. The van der Waals surface area contributed by atoms with Crippen molar-refractivity contribution in [2.75, 3.05) is 0 Å². The normalized spacial score (nSPS) is 11.1. The van der Waals surface area contributed by atoms with Crippen molar-refractivity contribution in [3.05, 3.63) is 65.0 Å². The minimum absolute atomic E-state index is 0.279. The molecule has 0 aliphatic rings. The Morgan fingerprint density at radius 2 is 2.09 bits per heavy atom. The van der Waals surface area contributed by atoms with Gasteiger partial charge in [-0.1, -0.05) is 18.2 Å². The fraction of sp³-hybridized carbons (Fsp3) is 0.133. The highest BCUT2D eigenvalue weighted by Crippen LogP contribution is 2.11. The van der Waals surface area contributed by atoms with Crippen LogP contribution in [0, 0.1) is 4.77 Å². The first-order valence-electron chi connectivity index (χ1n) is 6.74. The van der Waals surface area contributed by atoms with Gasteiger partial charge in [0.05, 0.1) is 11.9 Å². The molecule has 6 nitrogen and oxygen atoms in total. The summed E-state index contributed by atoms with van der Waals surface area (Å²) in [7, 11) is 1.95. The smallest absolute Gasteiger partial charge is 0.216 e. The fourth-order valence-corrected chi connectivity index (χ4v) is 2.12. The van der Waals surface area contributed by atoms with Crippen LogP contribution in [0.3, 0.4) is 0 Å². The molecule has 0 amide bonds. The molecule has 0 aliphatic carbocycles. The number of para-hydroxylation sites is 1. The van der Waals surface area contributed by atoms with Crippen LogP contribution in [0.5, 0.6) is 5.75 Å². The van der Waals surface area contributed by atoms with Crippen LogP contribution < -0.4 is 4.74 Å². The largest absolute Gasteiger partial charge is 0.486 e. The van der Waals surface area contributed by atoms with Gasteiger partial charge >= 0.3 is 0 Å². The summed E-state index contributed by atoms with van der Waals surface area (Å²) in [6.45, 7) is 0.279. The number of rotatable bonds is 5. The molecule has 2 heterocycles. The molecule has 0 fully saturated rings. The van der Waals surface area contributed by atoms with Crippen molar-refractivity contribution in [1.82, 2.24) is 19.4 Å². The first kappa shape index (κ1) is 14.3. The zero-order valence-electron chi connectivity index (χ0n) is 12.0. The predicted octanol–water partition coefficient (Wildman–Crippen LogP) is 2.74. The van der Waals surface area contributed by atoms with Crippen LogP contribution in [-0.2, 0) is 13.7 Å². The van der Waals surface area contributed by atoms with E-state index in [2.05, 4.69) is 15.3 Å². The van der Waals surface area contributed by atoms with Crippen molar-refractivity contribution in [2.24, 2.45) is 12.1 Å². The van der Waals surface area contributed by atoms with E-state index in [1.807, 2.05) is 60.3 Å². The maximum atomic E-state index is 5.68. The second-order valence-electron chi connectivity index (χ2n) is 4.65. The Morgan fingerprint density at radius 3 is 2.82 bits per heavy atom. The van der Waals surface area contributed by atoms with Crippen LogP contribution in [-0.4, -0.2) is 25.7 Å². The molecule has 2 aromatic heterocycles. The van der Waals surface area contributed by atoms with Crippen molar-refractivity contribution in [3.8, 4) is 5.75 Å². The molecule has 3 rings (SSSR count). The second kappa shape index (κ2) is 6.40. The molecule has 3 aromatic rings. The third-order valence-corrected chi connectivity index (χ3v) is 3.38. The van der Waals surface area contributed by atoms with Gasteiger partial charge in [-0.2, -0.15) is 14.9 Å². The number of nitrogens with zero attached hydrogens (tertiary/aromatic N) is 4. The zero-order valence-corrected chi connectivity index (χ0v) is 12.8. The summed E-state index contributed by atoms with van der Waals surface area (Å²) in [5.41, 5.74) is 0.970. The Bertz CT molecular complexity index is 831. The molecule has 1 aromatic carbocycles. The molecule has 0 saturated carbocycles. The minimum atomic E-state index is 0.279. The molecule has 112 valence electrons. The average molecular weight is 313 g/mol. The number of aromatic amines is 1. The van der Waals surface area contributed by atoms with Gasteiger partial charge in [0.1, 0.15) is 12.4 Å². The van der Waals surface area contributed by atoms with Gasteiger partial charge < -0.3 is 9.30 Å². The lowest BCUT2D eigenvalue weighted by atomic mass is 10.3. The number of hydrogen-bond acceptors (Lipinski definition) is 4. The van der Waals surface area contributed by atoms with Crippen LogP contribution >= 0.6 is 12.2 Å². The molecule has 0 bridgehead atoms. The van der Waals surface area contributed by atoms with Crippen LogP contribution in [0.4, 0.5) is 0 Å². The Kier molecular flexibility index (Phi) is 4.15. The number of benzene rings is 1. The predicted molar refractivity (Wildman–Crippen MR) is 86.6 cm³/mol. The van der Waals surface area contributed by atoms with Crippen molar-refractivity contribution >= 4 is 18.4 Å². The van der Waals surface area contributed by atoms with Crippen molar-refractivity contribution < 1.29 is 4.74 Å². The standard InChI is InChI=1S/C15H15N5OS/c1-19-9-5-6-12(19)10-16-20-14(17-18-15(20)22)11-21-13-7-3-2-4-8-13/h2-10H,11H2,1H3,(H,18,22). The number of ether oxygens (including phenoxy) is 1. The molecule has 7 heteroatoms. The van der Waals surface area contributed by atoms with E-state index >= 15 is 0 Å². The van der Waals surface area contributed by atoms with Crippen LogP contribution in [0.2, 0.25) is 0 Å². The first-order valence-corrected chi connectivity index (χ1v) is 7.15. The van der Waals surface area contributed by atoms with Gasteiger partial charge in [0, 0.05) is 13.2 Å². The summed E-state index contributed by atoms with van der Waals surface area (Å²) in [5.74, 6) is 1.38. The van der Waals surface area contributed by atoms with E-state index in [0.717, 1.165) is 11.4 Å². The Morgan fingerprint density at radius 1 is 1.27 bits per heavy atom. The minimum Gasteiger partial charge on any atom is -0.486 e. The highest BCUT2D eigenvalue weighted by atomic mass is 32.1. The Labute approximate surface area is 132 Å². The summed E-state index contributed by atoms with van der Waals surface area (Å²) in [4.78, 5) is 0. The Balaban J connectivity index is 1.78.